The molecule has 3 rings (SSSR count). The maximum Gasteiger partial charge on any atom is 0.330 e. The van der Waals surface area contributed by atoms with Gasteiger partial charge in [-0.2, -0.15) is 9.61 Å². The molecule has 0 amide bonds. The topological polar surface area (TPSA) is 99.9 Å². The fraction of sp³-hybridized carbons (Fsp3) is 0.417. The highest BCUT2D eigenvalue weighted by molar-refractivity contribution is 7.17. The van der Waals surface area contributed by atoms with Crippen molar-refractivity contribution in [2.24, 2.45) is 0 Å². The number of rotatable bonds is 1. The molecule has 0 radical (unpaired) electrons. The molecule has 21 heavy (non-hydrogen) atoms. The van der Waals surface area contributed by atoms with Gasteiger partial charge in [0.15, 0.2) is 0 Å². The summed E-state index contributed by atoms with van der Waals surface area (Å²) in [5, 5.41) is 4.11. The molecule has 8 nitrogen and oxygen atoms in total. The molecule has 3 heterocycles. The van der Waals surface area contributed by atoms with Gasteiger partial charge in [0.05, 0.1) is 0 Å². The molecule has 1 aliphatic heterocycles. The lowest BCUT2D eigenvalue weighted by Crippen LogP contribution is -2.45. The summed E-state index contributed by atoms with van der Waals surface area (Å²) in [7, 11) is 0. The average Bonchev–Trinajstić information content (AvgIpc) is 2.69. The fourth-order valence-electron chi connectivity index (χ4n) is 1.97. The minimum atomic E-state index is -1.30. The zero-order valence-corrected chi connectivity index (χ0v) is 12.3. The van der Waals surface area contributed by atoms with Gasteiger partial charge in [-0.1, -0.05) is 11.3 Å². The van der Waals surface area contributed by atoms with Gasteiger partial charge in [0.2, 0.25) is 10.9 Å². The quantitative estimate of drug-likeness (QED) is 0.554. The summed E-state index contributed by atoms with van der Waals surface area (Å²) in [5.74, 6) is -4.09. The predicted octanol–water partition coefficient (Wildman–Crippen LogP) is 0.379. The minimum Gasteiger partial charge on any atom is -0.422 e. The number of cyclic esters (lactones) is 2. The second kappa shape index (κ2) is 4.35. The molecule has 110 valence electrons. The molecule has 0 N–H and O–H groups in total. The summed E-state index contributed by atoms with van der Waals surface area (Å²) in [6.07, 6.45) is 0. The van der Waals surface area contributed by atoms with Crippen molar-refractivity contribution in [2.45, 2.75) is 32.5 Å². The van der Waals surface area contributed by atoms with Crippen LogP contribution in [0.2, 0.25) is 0 Å². The van der Waals surface area contributed by atoms with Crippen LogP contribution in [0.1, 0.15) is 30.5 Å². The number of carbonyl (C=O) groups excluding carboxylic acids is 2. The number of hydrogen-bond acceptors (Lipinski definition) is 8. The molecule has 0 saturated carbocycles. The highest BCUT2D eigenvalue weighted by Gasteiger charge is 2.46. The lowest BCUT2D eigenvalue weighted by atomic mass is 10.1. The molecular weight excluding hydrogens is 298 g/mol. The molecule has 0 atom stereocenters. The Kier molecular flexibility index (Phi) is 2.84. The van der Waals surface area contributed by atoms with Crippen LogP contribution >= 0.6 is 11.3 Å². The van der Waals surface area contributed by atoms with E-state index >= 15 is 0 Å². The van der Waals surface area contributed by atoms with Crippen molar-refractivity contribution in [3.05, 3.63) is 27.1 Å². The van der Waals surface area contributed by atoms with Crippen LogP contribution in [0.4, 0.5) is 0 Å². The molecule has 2 aromatic rings. The number of fused-ring (bicyclic) bond motifs is 1. The summed E-state index contributed by atoms with van der Waals surface area (Å²) < 4.78 is 11.1. The van der Waals surface area contributed by atoms with E-state index in [9.17, 15) is 14.4 Å². The second-order valence-electron chi connectivity index (χ2n) is 5.05. The Morgan fingerprint density at radius 2 is 1.86 bits per heavy atom. The van der Waals surface area contributed by atoms with Crippen molar-refractivity contribution in [1.29, 1.82) is 0 Å². The van der Waals surface area contributed by atoms with Gasteiger partial charge in [-0.25, -0.2) is 4.98 Å². The lowest BCUT2D eigenvalue weighted by molar-refractivity contribution is -0.234. The molecule has 0 spiro atoms. The molecule has 0 aliphatic carbocycles. The first-order valence-electron chi connectivity index (χ1n) is 6.10. The van der Waals surface area contributed by atoms with Crippen LogP contribution in [-0.4, -0.2) is 32.3 Å². The maximum atomic E-state index is 12.0. The summed E-state index contributed by atoms with van der Waals surface area (Å²) in [4.78, 5) is 40.2. The number of esters is 2. The van der Waals surface area contributed by atoms with Crippen molar-refractivity contribution < 1.29 is 19.1 Å². The van der Waals surface area contributed by atoms with E-state index in [4.69, 9.17) is 9.47 Å². The van der Waals surface area contributed by atoms with E-state index in [1.54, 1.807) is 6.92 Å². The minimum absolute atomic E-state index is 0.121. The van der Waals surface area contributed by atoms with Crippen LogP contribution < -0.4 is 5.56 Å². The van der Waals surface area contributed by atoms with Gasteiger partial charge >= 0.3 is 11.9 Å². The molecule has 2 aromatic heterocycles. The average molecular weight is 309 g/mol. The molecule has 0 aromatic carbocycles. The van der Waals surface area contributed by atoms with Gasteiger partial charge in [-0.3, -0.25) is 14.4 Å². The first-order chi connectivity index (χ1) is 9.77. The Morgan fingerprint density at radius 1 is 1.24 bits per heavy atom. The standard InChI is InChI=1S/C12H11N3O5S/c1-5-4-6(16)15-11(13-5)21-8(14-15)7-9(17)19-12(2,3)20-10(7)18/h4,7H,1-3H3. The van der Waals surface area contributed by atoms with E-state index in [2.05, 4.69) is 10.1 Å². The number of hydrogen-bond donors (Lipinski definition) is 0. The fourth-order valence-corrected chi connectivity index (χ4v) is 3.00. The van der Waals surface area contributed by atoms with Crippen LogP contribution in [0, 0.1) is 6.92 Å². The summed E-state index contributed by atoms with van der Waals surface area (Å²) in [6, 6.07) is 1.32. The Morgan fingerprint density at radius 3 is 2.48 bits per heavy atom. The molecule has 1 aliphatic rings. The van der Waals surface area contributed by atoms with E-state index in [1.165, 1.54) is 19.9 Å². The maximum absolute atomic E-state index is 12.0. The summed E-state index contributed by atoms with van der Waals surface area (Å²) >= 11 is 0.979. The van der Waals surface area contributed by atoms with Crippen molar-refractivity contribution in [1.82, 2.24) is 14.6 Å². The first-order valence-corrected chi connectivity index (χ1v) is 6.92. The third-order valence-electron chi connectivity index (χ3n) is 2.80. The van der Waals surface area contributed by atoms with Crippen molar-refractivity contribution in [3.8, 4) is 0 Å². The number of nitrogens with zero attached hydrogens (tertiary/aromatic N) is 3. The third kappa shape index (κ3) is 2.29. The SMILES string of the molecule is Cc1cc(=O)n2nc(C3C(=O)OC(C)(C)OC3=O)sc2n1. The molecule has 0 unspecified atom stereocenters. The van der Waals surface area contributed by atoms with Gasteiger partial charge in [0.1, 0.15) is 5.01 Å². The van der Waals surface area contributed by atoms with E-state index < -0.39 is 23.6 Å². The van der Waals surface area contributed by atoms with Gasteiger partial charge in [0, 0.05) is 25.6 Å². The summed E-state index contributed by atoms with van der Waals surface area (Å²) in [6.45, 7) is 4.60. The largest absolute Gasteiger partial charge is 0.422 e. The van der Waals surface area contributed by atoms with Gasteiger partial charge in [-0.05, 0) is 6.92 Å². The van der Waals surface area contributed by atoms with Crippen LogP contribution in [0.25, 0.3) is 4.96 Å². The van der Waals surface area contributed by atoms with Crippen molar-refractivity contribution in [3.63, 3.8) is 0 Å². The number of carbonyl (C=O) groups is 2. The smallest absolute Gasteiger partial charge is 0.330 e. The first kappa shape index (κ1) is 13.7. The van der Waals surface area contributed by atoms with E-state index in [-0.39, 0.29) is 10.6 Å². The molecule has 0 bridgehead atoms. The normalized spacial score (nSPS) is 18.6. The Balaban J connectivity index is 2.09. The van der Waals surface area contributed by atoms with E-state index in [0.29, 0.717) is 10.7 Å². The number of aromatic nitrogens is 3. The van der Waals surface area contributed by atoms with Gasteiger partial charge < -0.3 is 9.47 Å². The predicted molar refractivity (Wildman–Crippen MR) is 70.9 cm³/mol. The second-order valence-corrected chi connectivity index (χ2v) is 6.03. The monoisotopic (exact) mass is 309 g/mol. The molecule has 1 saturated heterocycles. The Hall–Kier alpha value is -2.29. The van der Waals surface area contributed by atoms with Crippen LogP contribution in [-0.2, 0) is 19.1 Å². The zero-order valence-electron chi connectivity index (χ0n) is 11.4. The van der Waals surface area contributed by atoms with Crippen LogP contribution in [0.5, 0.6) is 0 Å². The molecule has 9 heteroatoms. The van der Waals surface area contributed by atoms with Gasteiger partial charge in [0.25, 0.3) is 11.3 Å². The molecular formula is C12H11N3O5S. The number of ether oxygens (including phenoxy) is 2. The van der Waals surface area contributed by atoms with Crippen molar-refractivity contribution >= 4 is 28.2 Å². The molecule has 1 fully saturated rings. The van der Waals surface area contributed by atoms with Crippen LogP contribution in [0.15, 0.2) is 10.9 Å². The van der Waals surface area contributed by atoms with Crippen molar-refractivity contribution in [2.75, 3.05) is 0 Å². The lowest BCUT2D eigenvalue weighted by Gasteiger charge is -2.31. The zero-order chi connectivity index (χ0) is 15.4. The van der Waals surface area contributed by atoms with E-state index in [0.717, 1.165) is 15.9 Å². The Bertz CT molecular complexity index is 802. The highest BCUT2D eigenvalue weighted by Crippen LogP contribution is 2.31. The van der Waals surface area contributed by atoms with Gasteiger partial charge in [-0.15, -0.1) is 0 Å². The third-order valence-corrected chi connectivity index (χ3v) is 3.77. The summed E-state index contributed by atoms with van der Waals surface area (Å²) in [5.41, 5.74) is 0.156. The van der Waals surface area contributed by atoms with Crippen LogP contribution in [0.3, 0.4) is 0 Å². The Labute approximate surface area is 122 Å². The highest BCUT2D eigenvalue weighted by atomic mass is 32.1. The van der Waals surface area contributed by atoms with E-state index in [1.807, 2.05) is 0 Å². The number of aryl methyl sites for hydroxylation is 1.